The Morgan fingerprint density at radius 2 is 2.00 bits per heavy atom. The number of aryl methyl sites for hydroxylation is 1. The molecule has 3 rings (SSSR count). The molecule has 3 aromatic rings. The van der Waals surface area contributed by atoms with Crippen molar-refractivity contribution in [3.8, 4) is 0 Å². The largest absolute Gasteiger partial charge is 0.302 e. The fraction of sp³-hybridized carbons (Fsp3) is 0.368. The topological polar surface area (TPSA) is 36.4 Å². The molecule has 0 aliphatic heterocycles. The van der Waals surface area contributed by atoms with E-state index >= 15 is 0 Å². The summed E-state index contributed by atoms with van der Waals surface area (Å²) in [6.45, 7) is 9.64. The third-order valence-corrected chi connectivity index (χ3v) is 6.48. The SMILES string of the molecule is CCN(CC)CCN(C(=O)c1cccs1)c1nc2c(C)cc(Cl)cc2s1. The Morgan fingerprint density at radius 3 is 2.65 bits per heavy atom. The Kier molecular flexibility index (Phi) is 6.29. The third kappa shape index (κ3) is 4.09. The van der Waals surface area contributed by atoms with Gasteiger partial charge in [0.05, 0.1) is 15.1 Å². The first-order chi connectivity index (χ1) is 12.5. The van der Waals surface area contributed by atoms with Gasteiger partial charge in [0.2, 0.25) is 0 Å². The number of aromatic nitrogens is 1. The number of fused-ring (bicyclic) bond motifs is 1. The monoisotopic (exact) mass is 407 g/mol. The van der Waals surface area contributed by atoms with Gasteiger partial charge in [-0.25, -0.2) is 4.98 Å². The van der Waals surface area contributed by atoms with Crippen molar-refractivity contribution >= 4 is 55.5 Å². The summed E-state index contributed by atoms with van der Waals surface area (Å²) < 4.78 is 1.01. The maximum absolute atomic E-state index is 13.1. The van der Waals surface area contributed by atoms with Crippen LogP contribution in [0.5, 0.6) is 0 Å². The number of benzene rings is 1. The van der Waals surface area contributed by atoms with Crippen molar-refractivity contribution in [1.82, 2.24) is 9.88 Å². The molecule has 0 aliphatic rings. The maximum atomic E-state index is 13.1. The highest BCUT2D eigenvalue weighted by molar-refractivity contribution is 7.22. The number of anilines is 1. The molecule has 0 radical (unpaired) electrons. The van der Waals surface area contributed by atoms with Gasteiger partial charge in [0.25, 0.3) is 5.91 Å². The lowest BCUT2D eigenvalue weighted by molar-refractivity contribution is 0.0987. The summed E-state index contributed by atoms with van der Waals surface area (Å²) in [6, 6.07) is 7.60. The minimum Gasteiger partial charge on any atom is -0.302 e. The van der Waals surface area contributed by atoms with E-state index in [0.29, 0.717) is 11.6 Å². The Balaban J connectivity index is 1.96. The Bertz CT molecular complexity index is 888. The molecule has 0 saturated carbocycles. The van der Waals surface area contributed by atoms with E-state index < -0.39 is 0 Å². The van der Waals surface area contributed by atoms with Crippen LogP contribution in [0, 0.1) is 6.92 Å². The number of carbonyl (C=O) groups is 1. The number of likely N-dealkylation sites (N-methyl/N-ethyl adjacent to an activating group) is 1. The summed E-state index contributed by atoms with van der Waals surface area (Å²) in [6.07, 6.45) is 0. The fourth-order valence-electron chi connectivity index (χ4n) is 2.86. The molecule has 0 N–H and O–H groups in total. The van der Waals surface area contributed by atoms with E-state index in [1.165, 1.54) is 22.7 Å². The lowest BCUT2D eigenvalue weighted by Crippen LogP contribution is -2.38. The smallest absolute Gasteiger partial charge is 0.270 e. The summed E-state index contributed by atoms with van der Waals surface area (Å²) in [5.41, 5.74) is 1.95. The van der Waals surface area contributed by atoms with Crippen LogP contribution in [0.3, 0.4) is 0 Å². The van der Waals surface area contributed by atoms with Gasteiger partial charge >= 0.3 is 0 Å². The summed E-state index contributed by atoms with van der Waals surface area (Å²) in [4.78, 5) is 22.7. The van der Waals surface area contributed by atoms with E-state index in [4.69, 9.17) is 16.6 Å². The highest BCUT2D eigenvalue weighted by atomic mass is 35.5. The van der Waals surface area contributed by atoms with Crippen LogP contribution in [0.15, 0.2) is 29.6 Å². The molecule has 7 heteroatoms. The zero-order chi connectivity index (χ0) is 18.7. The standard InChI is InChI=1S/C19H22ClN3OS2/c1-4-22(5-2)8-9-23(18(24)15-7-6-10-25-15)19-21-17-13(3)11-14(20)12-16(17)26-19/h6-7,10-12H,4-5,8-9H2,1-3H3. The summed E-state index contributed by atoms with van der Waals surface area (Å²) in [5.74, 6) is 0.00922. The predicted molar refractivity (Wildman–Crippen MR) is 113 cm³/mol. The minimum atomic E-state index is 0.00922. The Morgan fingerprint density at radius 1 is 1.23 bits per heavy atom. The van der Waals surface area contributed by atoms with Crippen molar-refractivity contribution in [3.05, 3.63) is 45.1 Å². The molecular weight excluding hydrogens is 386 g/mol. The molecule has 2 heterocycles. The first kappa shape index (κ1) is 19.3. The van der Waals surface area contributed by atoms with Crippen molar-refractivity contribution in [2.24, 2.45) is 0 Å². The van der Waals surface area contributed by atoms with Crippen molar-refractivity contribution in [3.63, 3.8) is 0 Å². The molecule has 1 amide bonds. The quantitative estimate of drug-likeness (QED) is 0.532. The summed E-state index contributed by atoms with van der Waals surface area (Å²) in [5, 5.41) is 3.36. The van der Waals surface area contributed by atoms with Crippen molar-refractivity contribution in [1.29, 1.82) is 0 Å². The van der Waals surface area contributed by atoms with Crippen LogP contribution in [0.2, 0.25) is 5.02 Å². The number of thiophene rings is 1. The number of amides is 1. The minimum absolute atomic E-state index is 0.00922. The Labute approximate surface area is 167 Å². The van der Waals surface area contributed by atoms with Crippen LogP contribution < -0.4 is 4.90 Å². The lowest BCUT2D eigenvalue weighted by Gasteiger charge is -2.24. The van der Waals surface area contributed by atoms with Crippen molar-refractivity contribution in [2.75, 3.05) is 31.1 Å². The normalized spacial score (nSPS) is 11.4. The molecule has 0 saturated heterocycles. The van der Waals surface area contributed by atoms with Gasteiger partial charge in [0.1, 0.15) is 0 Å². The zero-order valence-corrected chi connectivity index (χ0v) is 17.5. The van der Waals surface area contributed by atoms with Crippen LogP contribution in [0.25, 0.3) is 10.2 Å². The van der Waals surface area contributed by atoms with Gasteiger partial charge in [-0.05, 0) is 49.2 Å². The molecule has 138 valence electrons. The van der Waals surface area contributed by atoms with Gasteiger partial charge in [0.15, 0.2) is 5.13 Å². The van der Waals surface area contributed by atoms with E-state index in [2.05, 4.69) is 18.7 Å². The zero-order valence-electron chi connectivity index (χ0n) is 15.2. The maximum Gasteiger partial charge on any atom is 0.270 e. The van der Waals surface area contributed by atoms with Crippen molar-refractivity contribution in [2.45, 2.75) is 20.8 Å². The second kappa shape index (κ2) is 8.48. The van der Waals surface area contributed by atoms with Gasteiger partial charge in [-0.3, -0.25) is 9.69 Å². The second-order valence-electron chi connectivity index (χ2n) is 6.03. The number of rotatable bonds is 7. The molecule has 1 aromatic carbocycles. The average Bonchev–Trinajstić information content (AvgIpc) is 3.28. The van der Waals surface area contributed by atoms with E-state index in [9.17, 15) is 4.79 Å². The fourth-order valence-corrected chi connectivity index (χ4v) is 4.97. The summed E-state index contributed by atoms with van der Waals surface area (Å²) >= 11 is 9.18. The number of thiazole rings is 1. The van der Waals surface area contributed by atoms with Gasteiger partial charge in [-0.1, -0.05) is 42.9 Å². The molecule has 26 heavy (non-hydrogen) atoms. The highest BCUT2D eigenvalue weighted by Gasteiger charge is 2.23. The number of carbonyl (C=O) groups excluding carboxylic acids is 1. The molecule has 0 atom stereocenters. The third-order valence-electron chi connectivity index (χ3n) is 4.38. The van der Waals surface area contributed by atoms with Crippen LogP contribution in [0.4, 0.5) is 5.13 Å². The molecular formula is C19H22ClN3OS2. The van der Waals surface area contributed by atoms with E-state index in [0.717, 1.165) is 45.4 Å². The van der Waals surface area contributed by atoms with E-state index in [-0.39, 0.29) is 5.91 Å². The van der Waals surface area contributed by atoms with E-state index in [1.54, 1.807) is 0 Å². The van der Waals surface area contributed by atoms with Crippen LogP contribution in [-0.2, 0) is 0 Å². The van der Waals surface area contributed by atoms with Crippen LogP contribution in [0.1, 0.15) is 29.1 Å². The lowest BCUT2D eigenvalue weighted by atomic mass is 10.2. The molecule has 4 nitrogen and oxygen atoms in total. The van der Waals surface area contributed by atoms with Crippen molar-refractivity contribution < 1.29 is 4.79 Å². The average molecular weight is 408 g/mol. The Hall–Kier alpha value is -1.47. The highest BCUT2D eigenvalue weighted by Crippen LogP contribution is 2.33. The molecule has 0 unspecified atom stereocenters. The molecule has 2 aromatic heterocycles. The van der Waals surface area contributed by atoms with Gasteiger partial charge < -0.3 is 4.90 Å². The second-order valence-corrected chi connectivity index (χ2v) is 8.42. The first-order valence-electron chi connectivity index (χ1n) is 8.67. The van der Waals surface area contributed by atoms with Gasteiger partial charge in [0, 0.05) is 18.1 Å². The number of hydrogen-bond acceptors (Lipinski definition) is 5. The van der Waals surface area contributed by atoms with Crippen LogP contribution in [-0.4, -0.2) is 42.0 Å². The first-order valence-corrected chi connectivity index (χ1v) is 10.7. The number of halogens is 1. The number of hydrogen-bond donors (Lipinski definition) is 0. The number of nitrogens with zero attached hydrogens (tertiary/aromatic N) is 3. The molecule has 0 bridgehead atoms. The molecule has 0 aliphatic carbocycles. The molecule has 0 spiro atoms. The predicted octanol–water partition coefficient (Wildman–Crippen LogP) is 5.31. The van der Waals surface area contributed by atoms with Gasteiger partial charge in [-0.15, -0.1) is 11.3 Å². The van der Waals surface area contributed by atoms with Crippen LogP contribution >= 0.6 is 34.3 Å². The van der Waals surface area contributed by atoms with Gasteiger partial charge in [-0.2, -0.15) is 0 Å². The van der Waals surface area contributed by atoms with E-state index in [1.807, 2.05) is 41.5 Å². The summed E-state index contributed by atoms with van der Waals surface area (Å²) in [7, 11) is 0. The molecule has 0 fully saturated rings.